The molecule has 0 aliphatic carbocycles. The summed E-state index contributed by atoms with van der Waals surface area (Å²) in [5, 5.41) is 2.78. The first kappa shape index (κ1) is 17.4. The topological polar surface area (TPSA) is 60.5 Å². The van der Waals surface area contributed by atoms with Gasteiger partial charge in [0, 0.05) is 11.3 Å². The Kier molecular flexibility index (Phi) is 5.12. The van der Waals surface area contributed by atoms with Gasteiger partial charge in [0.25, 0.3) is 5.91 Å². The van der Waals surface area contributed by atoms with Crippen LogP contribution in [-0.4, -0.2) is 25.1 Å². The number of benzene rings is 2. The predicted molar refractivity (Wildman–Crippen MR) is 97.1 cm³/mol. The fourth-order valence-corrected chi connectivity index (χ4v) is 2.42. The van der Waals surface area contributed by atoms with Crippen LogP contribution in [0.4, 0.5) is 10.1 Å². The van der Waals surface area contributed by atoms with Crippen molar-refractivity contribution in [2.45, 2.75) is 0 Å². The van der Waals surface area contributed by atoms with E-state index >= 15 is 0 Å². The van der Waals surface area contributed by atoms with Gasteiger partial charge in [0.2, 0.25) is 0 Å². The minimum Gasteiger partial charge on any atom is -0.497 e. The number of carbonyl (C=O) groups is 1. The van der Waals surface area contributed by atoms with Crippen LogP contribution in [0.3, 0.4) is 0 Å². The van der Waals surface area contributed by atoms with Crippen molar-refractivity contribution in [3.63, 3.8) is 0 Å². The molecule has 6 heteroatoms. The number of rotatable bonds is 5. The van der Waals surface area contributed by atoms with Crippen molar-refractivity contribution in [3.8, 4) is 22.8 Å². The number of nitrogens with zero attached hydrogens (tertiary/aromatic N) is 1. The summed E-state index contributed by atoms with van der Waals surface area (Å²) in [7, 11) is 3.09. The minimum absolute atomic E-state index is 0.223. The molecule has 0 aliphatic rings. The SMILES string of the molecule is COc1ccc(NC(=O)c2ccc(OC)c(-c3ccc(F)cc3)n2)cc1. The average molecular weight is 352 g/mol. The number of hydrogen-bond donors (Lipinski definition) is 1. The van der Waals surface area contributed by atoms with Gasteiger partial charge in [0.15, 0.2) is 0 Å². The van der Waals surface area contributed by atoms with E-state index in [0.717, 1.165) is 0 Å². The Morgan fingerprint density at radius 3 is 2.23 bits per heavy atom. The van der Waals surface area contributed by atoms with Gasteiger partial charge in [-0.25, -0.2) is 9.37 Å². The van der Waals surface area contributed by atoms with E-state index in [2.05, 4.69) is 10.3 Å². The summed E-state index contributed by atoms with van der Waals surface area (Å²) >= 11 is 0. The van der Waals surface area contributed by atoms with Crippen molar-refractivity contribution in [1.82, 2.24) is 4.98 Å². The first-order valence-electron chi connectivity index (χ1n) is 7.87. The Morgan fingerprint density at radius 1 is 0.923 bits per heavy atom. The largest absolute Gasteiger partial charge is 0.497 e. The van der Waals surface area contributed by atoms with Crippen LogP contribution in [0.2, 0.25) is 0 Å². The molecule has 0 saturated carbocycles. The Labute approximate surface area is 150 Å². The standard InChI is InChI=1S/C20H17FN2O3/c1-25-16-9-7-15(8-10-16)22-20(24)17-11-12-18(26-2)19(23-17)13-3-5-14(21)6-4-13/h3-12H,1-2H3,(H,22,24). The molecule has 5 nitrogen and oxygen atoms in total. The van der Waals surface area contributed by atoms with E-state index in [4.69, 9.17) is 9.47 Å². The van der Waals surface area contributed by atoms with Crippen molar-refractivity contribution in [1.29, 1.82) is 0 Å². The molecule has 132 valence electrons. The molecule has 0 aliphatic heterocycles. The summed E-state index contributed by atoms with van der Waals surface area (Å²) in [6, 6.07) is 16.1. The van der Waals surface area contributed by atoms with E-state index in [0.29, 0.717) is 28.4 Å². The van der Waals surface area contributed by atoms with Crippen LogP contribution in [0.1, 0.15) is 10.5 Å². The van der Waals surface area contributed by atoms with E-state index in [9.17, 15) is 9.18 Å². The third-order valence-electron chi connectivity index (χ3n) is 3.78. The second kappa shape index (κ2) is 7.65. The maximum absolute atomic E-state index is 13.2. The molecule has 0 bridgehead atoms. The molecule has 1 aromatic heterocycles. The van der Waals surface area contributed by atoms with Gasteiger partial charge in [-0.05, 0) is 60.7 Å². The van der Waals surface area contributed by atoms with Crippen LogP contribution in [-0.2, 0) is 0 Å². The summed E-state index contributed by atoms with van der Waals surface area (Å²) in [6.07, 6.45) is 0. The zero-order chi connectivity index (χ0) is 18.5. The number of amides is 1. The highest BCUT2D eigenvalue weighted by molar-refractivity contribution is 6.03. The van der Waals surface area contributed by atoms with Crippen LogP contribution >= 0.6 is 0 Å². The fraction of sp³-hybridized carbons (Fsp3) is 0.100. The highest BCUT2D eigenvalue weighted by Crippen LogP contribution is 2.28. The molecule has 3 rings (SSSR count). The number of methoxy groups -OCH3 is 2. The van der Waals surface area contributed by atoms with Crippen molar-refractivity contribution in [3.05, 3.63) is 72.2 Å². The van der Waals surface area contributed by atoms with Gasteiger partial charge in [-0.1, -0.05) is 0 Å². The lowest BCUT2D eigenvalue weighted by atomic mass is 10.1. The molecular formula is C20H17FN2O3. The Balaban J connectivity index is 1.88. The number of ether oxygens (including phenoxy) is 2. The summed E-state index contributed by atoms with van der Waals surface area (Å²) in [4.78, 5) is 16.9. The first-order chi connectivity index (χ1) is 12.6. The van der Waals surface area contributed by atoms with Gasteiger partial charge in [0.1, 0.15) is 28.7 Å². The van der Waals surface area contributed by atoms with Crippen molar-refractivity contribution >= 4 is 11.6 Å². The van der Waals surface area contributed by atoms with Gasteiger partial charge in [-0.15, -0.1) is 0 Å². The van der Waals surface area contributed by atoms with Gasteiger partial charge >= 0.3 is 0 Å². The number of halogens is 1. The molecule has 1 N–H and O–H groups in total. The van der Waals surface area contributed by atoms with Crippen molar-refractivity contribution in [2.75, 3.05) is 19.5 Å². The Morgan fingerprint density at radius 2 is 1.62 bits per heavy atom. The van der Waals surface area contributed by atoms with Crippen LogP contribution in [0.25, 0.3) is 11.3 Å². The second-order valence-corrected chi connectivity index (χ2v) is 5.44. The van der Waals surface area contributed by atoms with Gasteiger partial charge in [-0.3, -0.25) is 4.79 Å². The number of nitrogens with one attached hydrogen (secondary N) is 1. The lowest BCUT2D eigenvalue weighted by Crippen LogP contribution is -2.14. The molecule has 26 heavy (non-hydrogen) atoms. The molecule has 0 unspecified atom stereocenters. The molecule has 0 spiro atoms. The van der Waals surface area contributed by atoms with E-state index in [-0.39, 0.29) is 17.4 Å². The van der Waals surface area contributed by atoms with Gasteiger partial charge < -0.3 is 14.8 Å². The average Bonchev–Trinajstić information content (AvgIpc) is 2.68. The monoisotopic (exact) mass is 352 g/mol. The van der Waals surface area contributed by atoms with Crippen LogP contribution in [0.5, 0.6) is 11.5 Å². The second-order valence-electron chi connectivity index (χ2n) is 5.44. The smallest absolute Gasteiger partial charge is 0.274 e. The molecule has 2 aromatic carbocycles. The summed E-state index contributed by atoms with van der Waals surface area (Å²) in [6.45, 7) is 0. The minimum atomic E-state index is -0.360. The van der Waals surface area contributed by atoms with Crippen molar-refractivity contribution in [2.24, 2.45) is 0 Å². The maximum Gasteiger partial charge on any atom is 0.274 e. The summed E-state index contributed by atoms with van der Waals surface area (Å²) < 4.78 is 23.6. The van der Waals surface area contributed by atoms with Crippen LogP contribution in [0.15, 0.2) is 60.7 Å². The third-order valence-corrected chi connectivity index (χ3v) is 3.78. The lowest BCUT2D eigenvalue weighted by Gasteiger charge is -2.11. The predicted octanol–water partition coefficient (Wildman–Crippen LogP) is 4.16. The highest BCUT2D eigenvalue weighted by atomic mass is 19.1. The van der Waals surface area contributed by atoms with Gasteiger partial charge in [-0.2, -0.15) is 0 Å². The van der Waals surface area contributed by atoms with Gasteiger partial charge in [0.05, 0.1) is 14.2 Å². The number of pyridine rings is 1. The van der Waals surface area contributed by atoms with Crippen molar-refractivity contribution < 1.29 is 18.7 Å². The highest BCUT2D eigenvalue weighted by Gasteiger charge is 2.14. The normalized spacial score (nSPS) is 10.3. The molecule has 1 heterocycles. The zero-order valence-corrected chi connectivity index (χ0v) is 14.3. The molecule has 0 saturated heterocycles. The molecule has 3 aromatic rings. The molecular weight excluding hydrogens is 335 g/mol. The first-order valence-corrected chi connectivity index (χ1v) is 7.87. The molecule has 1 amide bonds. The fourth-order valence-electron chi connectivity index (χ4n) is 2.42. The quantitative estimate of drug-likeness (QED) is 0.749. The number of hydrogen-bond acceptors (Lipinski definition) is 4. The van der Waals surface area contributed by atoms with E-state index in [1.54, 1.807) is 55.6 Å². The number of carbonyl (C=O) groups excluding carboxylic acids is 1. The third kappa shape index (κ3) is 3.80. The Bertz CT molecular complexity index is 909. The molecule has 0 fully saturated rings. The molecule has 0 radical (unpaired) electrons. The summed E-state index contributed by atoms with van der Waals surface area (Å²) in [5.41, 5.74) is 1.97. The number of aromatic nitrogens is 1. The molecule has 0 atom stereocenters. The van der Waals surface area contributed by atoms with E-state index < -0.39 is 0 Å². The Hall–Kier alpha value is -3.41. The van der Waals surface area contributed by atoms with Crippen LogP contribution in [0, 0.1) is 5.82 Å². The van der Waals surface area contributed by atoms with E-state index in [1.807, 2.05) is 0 Å². The number of anilines is 1. The lowest BCUT2D eigenvalue weighted by molar-refractivity contribution is 0.102. The van der Waals surface area contributed by atoms with Crippen LogP contribution < -0.4 is 14.8 Å². The van der Waals surface area contributed by atoms with E-state index in [1.165, 1.54) is 19.2 Å². The summed E-state index contributed by atoms with van der Waals surface area (Å²) in [5.74, 6) is 0.490. The maximum atomic E-state index is 13.2. The zero-order valence-electron chi connectivity index (χ0n) is 14.3.